The van der Waals surface area contributed by atoms with Gasteiger partial charge in [-0.15, -0.1) is 0 Å². The molecule has 0 amide bonds. The molecule has 0 unspecified atom stereocenters. The van der Waals surface area contributed by atoms with E-state index >= 15 is 0 Å². The number of H-pyrrole nitrogens is 1. The van der Waals surface area contributed by atoms with E-state index in [1.165, 1.54) is 56.3 Å². The van der Waals surface area contributed by atoms with E-state index in [4.69, 9.17) is 0 Å². The largest absolute Gasteiger partial charge is 0.346 e. The SMILES string of the molecule is CCCCN1CCC(NCc2c[nH]c3ncccc23)CC1. The zero-order valence-electron chi connectivity index (χ0n) is 12.9. The molecule has 2 aromatic heterocycles. The molecular formula is C17H26N4. The molecule has 0 radical (unpaired) electrons. The fourth-order valence-electron chi connectivity index (χ4n) is 3.16. The molecule has 2 aromatic rings. The number of unbranched alkanes of at least 4 members (excludes halogenated alkanes) is 1. The standard InChI is InChI=1S/C17H26N4/c1-2-3-9-21-10-6-15(7-11-21)19-12-14-13-20-17-16(14)5-4-8-18-17/h4-5,8,13,15,19H,2-3,6-7,9-12H2,1H3,(H,18,20). The summed E-state index contributed by atoms with van der Waals surface area (Å²) < 4.78 is 0. The van der Waals surface area contributed by atoms with Gasteiger partial charge < -0.3 is 15.2 Å². The van der Waals surface area contributed by atoms with Gasteiger partial charge in [0.25, 0.3) is 0 Å². The highest BCUT2D eigenvalue weighted by atomic mass is 15.1. The highest BCUT2D eigenvalue weighted by Gasteiger charge is 2.18. The Hall–Kier alpha value is -1.39. The Morgan fingerprint density at radius 3 is 3.05 bits per heavy atom. The third-order valence-electron chi connectivity index (χ3n) is 4.53. The van der Waals surface area contributed by atoms with Crippen molar-refractivity contribution >= 4 is 11.0 Å². The van der Waals surface area contributed by atoms with E-state index in [1.807, 2.05) is 12.3 Å². The first-order valence-corrected chi connectivity index (χ1v) is 8.23. The van der Waals surface area contributed by atoms with Crippen molar-refractivity contribution in [1.82, 2.24) is 20.2 Å². The zero-order chi connectivity index (χ0) is 14.5. The lowest BCUT2D eigenvalue weighted by molar-refractivity contribution is 0.195. The Labute approximate surface area is 126 Å². The number of piperidine rings is 1. The molecule has 0 spiro atoms. The second-order valence-electron chi connectivity index (χ2n) is 6.06. The minimum absolute atomic E-state index is 0.657. The average molecular weight is 286 g/mol. The van der Waals surface area contributed by atoms with Crippen molar-refractivity contribution in [3.8, 4) is 0 Å². The summed E-state index contributed by atoms with van der Waals surface area (Å²) in [5, 5.41) is 4.96. The summed E-state index contributed by atoms with van der Waals surface area (Å²) in [6.45, 7) is 6.97. The first kappa shape index (κ1) is 14.5. The first-order valence-electron chi connectivity index (χ1n) is 8.23. The van der Waals surface area contributed by atoms with E-state index in [0.717, 1.165) is 12.2 Å². The van der Waals surface area contributed by atoms with Crippen LogP contribution in [-0.2, 0) is 6.54 Å². The lowest BCUT2D eigenvalue weighted by Crippen LogP contribution is -2.42. The molecular weight excluding hydrogens is 260 g/mol. The van der Waals surface area contributed by atoms with Gasteiger partial charge in [-0.2, -0.15) is 0 Å². The van der Waals surface area contributed by atoms with Gasteiger partial charge in [0.2, 0.25) is 0 Å². The third-order valence-corrected chi connectivity index (χ3v) is 4.53. The van der Waals surface area contributed by atoms with Crippen LogP contribution in [0.3, 0.4) is 0 Å². The van der Waals surface area contributed by atoms with Gasteiger partial charge in [0.15, 0.2) is 0 Å². The van der Waals surface area contributed by atoms with Gasteiger partial charge in [-0.1, -0.05) is 13.3 Å². The number of aromatic nitrogens is 2. The Bertz CT molecular complexity index is 555. The molecule has 1 saturated heterocycles. The van der Waals surface area contributed by atoms with Gasteiger partial charge in [-0.25, -0.2) is 4.98 Å². The zero-order valence-corrected chi connectivity index (χ0v) is 12.9. The van der Waals surface area contributed by atoms with Crippen LogP contribution in [-0.4, -0.2) is 40.5 Å². The second kappa shape index (κ2) is 7.05. The number of hydrogen-bond donors (Lipinski definition) is 2. The fourth-order valence-corrected chi connectivity index (χ4v) is 3.16. The Balaban J connectivity index is 1.48. The summed E-state index contributed by atoms with van der Waals surface area (Å²) >= 11 is 0. The van der Waals surface area contributed by atoms with E-state index < -0.39 is 0 Å². The molecule has 114 valence electrons. The van der Waals surface area contributed by atoms with Crippen LogP contribution in [0.5, 0.6) is 0 Å². The molecule has 1 aliphatic heterocycles. The molecule has 0 aromatic carbocycles. The summed E-state index contributed by atoms with van der Waals surface area (Å²) in [7, 11) is 0. The number of hydrogen-bond acceptors (Lipinski definition) is 3. The Morgan fingerprint density at radius 1 is 1.38 bits per heavy atom. The van der Waals surface area contributed by atoms with E-state index in [2.05, 4.69) is 39.4 Å². The van der Waals surface area contributed by atoms with Gasteiger partial charge in [-0.05, 0) is 56.6 Å². The quantitative estimate of drug-likeness (QED) is 0.858. The normalized spacial score (nSPS) is 17.6. The highest BCUT2D eigenvalue weighted by Crippen LogP contribution is 2.17. The molecule has 2 N–H and O–H groups in total. The number of fused-ring (bicyclic) bond motifs is 1. The molecule has 0 aliphatic carbocycles. The number of nitrogens with one attached hydrogen (secondary N) is 2. The fraction of sp³-hybridized carbons (Fsp3) is 0.588. The minimum Gasteiger partial charge on any atom is -0.346 e. The van der Waals surface area contributed by atoms with E-state index in [1.54, 1.807) is 0 Å². The van der Waals surface area contributed by atoms with Crippen molar-refractivity contribution in [3.63, 3.8) is 0 Å². The van der Waals surface area contributed by atoms with Gasteiger partial charge in [0.1, 0.15) is 5.65 Å². The van der Waals surface area contributed by atoms with Crippen molar-refractivity contribution in [2.45, 2.75) is 45.2 Å². The minimum atomic E-state index is 0.657. The van der Waals surface area contributed by atoms with E-state index in [-0.39, 0.29) is 0 Å². The number of rotatable bonds is 6. The summed E-state index contributed by atoms with van der Waals surface area (Å²) in [5.74, 6) is 0. The summed E-state index contributed by atoms with van der Waals surface area (Å²) in [4.78, 5) is 10.2. The first-order chi connectivity index (χ1) is 10.4. The highest BCUT2D eigenvalue weighted by molar-refractivity contribution is 5.79. The van der Waals surface area contributed by atoms with Gasteiger partial charge in [0, 0.05) is 30.4 Å². The van der Waals surface area contributed by atoms with E-state index in [9.17, 15) is 0 Å². The van der Waals surface area contributed by atoms with Crippen LogP contribution in [0.4, 0.5) is 0 Å². The molecule has 1 aliphatic rings. The monoisotopic (exact) mass is 286 g/mol. The van der Waals surface area contributed by atoms with Crippen molar-refractivity contribution in [3.05, 3.63) is 30.1 Å². The van der Waals surface area contributed by atoms with Crippen LogP contribution < -0.4 is 5.32 Å². The maximum absolute atomic E-state index is 4.35. The van der Waals surface area contributed by atoms with Crippen LogP contribution in [0.15, 0.2) is 24.5 Å². The van der Waals surface area contributed by atoms with Gasteiger partial charge in [-0.3, -0.25) is 0 Å². The van der Waals surface area contributed by atoms with Crippen molar-refractivity contribution in [2.75, 3.05) is 19.6 Å². The van der Waals surface area contributed by atoms with Crippen LogP contribution in [0.25, 0.3) is 11.0 Å². The van der Waals surface area contributed by atoms with Gasteiger partial charge in [0.05, 0.1) is 0 Å². The Kier molecular flexibility index (Phi) is 4.88. The van der Waals surface area contributed by atoms with Crippen LogP contribution in [0, 0.1) is 0 Å². The maximum Gasteiger partial charge on any atom is 0.137 e. The molecule has 3 heterocycles. The summed E-state index contributed by atoms with van der Waals surface area (Å²) in [5.41, 5.74) is 2.31. The number of nitrogens with zero attached hydrogens (tertiary/aromatic N) is 2. The average Bonchev–Trinajstić information content (AvgIpc) is 2.95. The lowest BCUT2D eigenvalue weighted by Gasteiger charge is -2.32. The van der Waals surface area contributed by atoms with E-state index in [0.29, 0.717) is 6.04 Å². The van der Waals surface area contributed by atoms with Crippen molar-refractivity contribution < 1.29 is 0 Å². The predicted molar refractivity (Wildman–Crippen MR) is 87.3 cm³/mol. The molecule has 0 atom stereocenters. The molecule has 4 nitrogen and oxygen atoms in total. The molecule has 0 saturated carbocycles. The molecule has 21 heavy (non-hydrogen) atoms. The summed E-state index contributed by atoms with van der Waals surface area (Å²) in [6, 6.07) is 4.80. The smallest absolute Gasteiger partial charge is 0.137 e. The number of pyridine rings is 1. The molecule has 0 bridgehead atoms. The summed E-state index contributed by atoms with van der Waals surface area (Å²) in [6.07, 6.45) is 9.09. The third kappa shape index (κ3) is 3.63. The topological polar surface area (TPSA) is 44.0 Å². The van der Waals surface area contributed by atoms with Crippen LogP contribution in [0.2, 0.25) is 0 Å². The predicted octanol–water partition coefficient (Wildman–Crippen LogP) is 2.92. The van der Waals surface area contributed by atoms with Gasteiger partial charge >= 0.3 is 0 Å². The van der Waals surface area contributed by atoms with Crippen molar-refractivity contribution in [1.29, 1.82) is 0 Å². The lowest BCUT2D eigenvalue weighted by atomic mass is 10.0. The second-order valence-corrected chi connectivity index (χ2v) is 6.06. The number of aromatic amines is 1. The maximum atomic E-state index is 4.35. The Morgan fingerprint density at radius 2 is 2.24 bits per heavy atom. The van der Waals surface area contributed by atoms with Crippen LogP contribution in [0.1, 0.15) is 38.2 Å². The van der Waals surface area contributed by atoms with Crippen LogP contribution >= 0.6 is 0 Å². The molecule has 1 fully saturated rings. The van der Waals surface area contributed by atoms with Crippen molar-refractivity contribution in [2.24, 2.45) is 0 Å². The molecule has 3 rings (SSSR count). The molecule has 4 heteroatoms. The number of likely N-dealkylation sites (tertiary alicyclic amines) is 1.